The molecular weight excluding hydrogens is 286 g/mol. The molecule has 7 heteroatoms. The largest absolute Gasteiger partial charge is 0.442 e. The average molecular weight is 298 g/mol. The van der Waals surface area contributed by atoms with Crippen molar-refractivity contribution < 1.29 is 9.53 Å². The maximum atomic E-state index is 10.6. The van der Waals surface area contributed by atoms with Crippen LogP contribution in [0.15, 0.2) is 40.4 Å². The molecule has 0 atom stereocenters. The zero-order valence-electron chi connectivity index (χ0n) is 10.2. The van der Waals surface area contributed by atoms with Gasteiger partial charge in [0.15, 0.2) is 6.61 Å². The minimum absolute atomic E-state index is 0.0575. The van der Waals surface area contributed by atoms with E-state index in [9.17, 15) is 4.79 Å². The van der Waals surface area contributed by atoms with Crippen molar-refractivity contribution in [3.8, 4) is 0 Å². The van der Waals surface area contributed by atoms with Crippen LogP contribution in [0.3, 0.4) is 0 Å². The second-order valence-electron chi connectivity index (χ2n) is 3.74. The fourth-order valence-corrected chi connectivity index (χ4v) is 2.62. The second-order valence-corrected chi connectivity index (χ2v) is 5.27. The summed E-state index contributed by atoms with van der Waals surface area (Å²) in [5.74, 6) is 0.628. The predicted octanol–water partition coefficient (Wildman–Crippen LogP) is 2.82. The Morgan fingerprint density at radius 1 is 1.58 bits per heavy atom. The van der Waals surface area contributed by atoms with E-state index >= 15 is 0 Å². The summed E-state index contributed by atoms with van der Waals surface area (Å²) in [7, 11) is 1.85. The molecule has 0 saturated carbocycles. The summed E-state index contributed by atoms with van der Waals surface area (Å²) in [5, 5.41) is 1.61. The van der Waals surface area contributed by atoms with Gasteiger partial charge in [0.25, 0.3) is 0 Å². The highest BCUT2D eigenvalue weighted by Crippen LogP contribution is 2.29. The third kappa shape index (κ3) is 3.65. The summed E-state index contributed by atoms with van der Waals surface area (Å²) >= 11 is 7.46. The highest BCUT2D eigenvalue weighted by atomic mass is 35.5. The summed E-state index contributed by atoms with van der Waals surface area (Å²) in [6.07, 6.45) is 0.901. The Morgan fingerprint density at radius 3 is 3.05 bits per heavy atom. The van der Waals surface area contributed by atoms with Gasteiger partial charge < -0.3 is 15.0 Å². The van der Waals surface area contributed by atoms with Crippen molar-refractivity contribution in [2.75, 3.05) is 0 Å². The Bertz CT molecular complexity index is 600. The Morgan fingerprint density at radius 2 is 2.37 bits per heavy atom. The average Bonchev–Trinajstić information content (AvgIpc) is 2.68. The standard InChI is InChI=1S/C12H12ClN3O2S/c1-16-10(7-18-12(14)17)15-6-11(16)19-9-4-2-3-8(13)5-9/h2-6H,7H2,1H3,(H2,14,17). The van der Waals surface area contributed by atoms with E-state index in [0.29, 0.717) is 10.8 Å². The number of carbonyl (C=O) groups excluding carboxylic acids is 1. The molecule has 0 bridgehead atoms. The number of halogens is 1. The first-order valence-electron chi connectivity index (χ1n) is 5.42. The number of hydrogen-bond acceptors (Lipinski definition) is 4. The molecule has 19 heavy (non-hydrogen) atoms. The van der Waals surface area contributed by atoms with E-state index in [1.54, 1.807) is 6.20 Å². The van der Waals surface area contributed by atoms with Crippen molar-refractivity contribution in [1.29, 1.82) is 0 Å². The minimum atomic E-state index is -0.813. The Balaban J connectivity index is 2.11. The number of rotatable bonds is 4. The first kappa shape index (κ1) is 13.8. The third-order valence-corrected chi connectivity index (χ3v) is 3.72. The SMILES string of the molecule is Cn1c(Sc2cccc(Cl)c2)cnc1COC(N)=O. The topological polar surface area (TPSA) is 70.1 Å². The second kappa shape index (κ2) is 5.99. The predicted molar refractivity (Wildman–Crippen MR) is 73.2 cm³/mol. The highest BCUT2D eigenvalue weighted by molar-refractivity contribution is 7.99. The number of primary amides is 1. The number of carbonyl (C=O) groups is 1. The number of amides is 1. The van der Waals surface area contributed by atoms with Crippen molar-refractivity contribution in [3.05, 3.63) is 41.3 Å². The molecule has 5 nitrogen and oxygen atoms in total. The van der Waals surface area contributed by atoms with E-state index in [-0.39, 0.29) is 6.61 Å². The first-order valence-corrected chi connectivity index (χ1v) is 6.62. The Hall–Kier alpha value is -1.66. The van der Waals surface area contributed by atoms with Crippen molar-refractivity contribution in [2.45, 2.75) is 16.5 Å². The molecule has 2 aromatic rings. The minimum Gasteiger partial charge on any atom is -0.442 e. The van der Waals surface area contributed by atoms with Crippen LogP contribution in [-0.4, -0.2) is 15.6 Å². The van der Waals surface area contributed by atoms with Gasteiger partial charge in [-0.05, 0) is 18.2 Å². The lowest BCUT2D eigenvalue weighted by molar-refractivity contribution is 0.146. The summed E-state index contributed by atoms with van der Waals surface area (Å²) in [6.45, 7) is 0.0575. The van der Waals surface area contributed by atoms with Crippen LogP contribution in [0.25, 0.3) is 0 Å². The maximum absolute atomic E-state index is 10.6. The molecule has 0 saturated heterocycles. The van der Waals surface area contributed by atoms with E-state index in [2.05, 4.69) is 4.98 Å². The van der Waals surface area contributed by atoms with Gasteiger partial charge in [0.05, 0.1) is 11.2 Å². The number of nitrogens with zero attached hydrogens (tertiary/aromatic N) is 2. The summed E-state index contributed by atoms with van der Waals surface area (Å²) in [4.78, 5) is 15.8. The normalized spacial score (nSPS) is 10.4. The highest BCUT2D eigenvalue weighted by Gasteiger charge is 2.09. The molecule has 0 aliphatic heterocycles. The van der Waals surface area contributed by atoms with Gasteiger partial charge in [-0.1, -0.05) is 29.4 Å². The quantitative estimate of drug-likeness (QED) is 0.942. The summed E-state index contributed by atoms with van der Waals surface area (Å²) < 4.78 is 6.56. The number of nitrogens with two attached hydrogens (primary N) is 1. The molecule has 1 aromatic carbocycles. The molecular formula is C12H12ClN3O2S. The third-order valence-electron chi connectivity index (χ3n) is 2.40. The number of hydrogen-bond donors (Lipinski definition) is 1. The van der Waals surface area contributed by atoms with E-state index in [1.165, 1.54) is 11.8 Å². The lowest BCUT2D eigenvalue weighted by Crippen LogP contribution is -2.14. The summed E-state index contributed by atoms with van der Waals surface area (Å²) in [5.41, 5.74) is 4.92. The summed E-state index contributed by atoms with van der Waals surface area (Å²) in [6, 6.07) is 7.54. The van der Waals surface area contributed by atoms with Gasteiger partial charge in [0.2, 0.25) is 0 Å². The van der Waals surface area contributed by atoms with Gasteiger partial charge in [-0.3, -0.25) is 0 Å². The van der Waals surface area contributed by atoms with Crippen LogP contribution < -0.4 is 5.73 Å². The Kier molecular flexibility index (Phi) is 4.34. The van der Waals surface area contributed by atoms with Crippen LogP contribution in [0.1, 0.15) is 5.82 Å². The zero-order valence-corrected chi connectivity index (χ0v) is 11.7. The van der Waals surface area contributed by atoms with Crippen LogP contribution in [0.4, 0.5) is 4.79 Å². The molecule has 0 fully saturated rings. The lowest BCUT2D eigenvalue weighted by atomic mass is 10.4. The van der Waals surface area contributed by atoms with Crippen molar-refractivity contribution in [2.24, 2.45) is 12.8 Å². The molecule has 100 valence electrons. The molecule has 0 radical (unpaired) electrons. The smallest absolute Gasteiger partial charge is 0.404 e. The molecule has 0 spiro atoms. The van der Waals surface area contributed by atoms with Gasteiger partial charge in [0, 0.05) is 17.0 Å². The number of aromatic nitrogens is 2. The van der Waals surface area contributed by atoms with E-state index < -0.39 is 6.09 Å². The van der Waals surface area contributed by atoms with Crippen LogP contribution in [-0.2, 0) is 18.4 Å². The van der Waals surface area contributed by atoms with Gasteiger partial charge in [-0.15, -0.1) is 0 Å². The van der Waals surface area contributed by atoms with Crippen molar-refractivity contribution in [1.82, 2.24) is 9.55 Å². The van der Waals surface area contributed by atoms with Crippen molar-refractivity contribution >= 4 is 29.5 Å². The molecule has 2 N–H and O–H groups in total. The van der Waals surface area contributed by atoms with E-state index in [4.69, 9.17) is 22.1 Å². The first-order chi connectivity index (χ1) is 9.06. The molecule has 1 heterocycles. The van der Waals surface area contributed by atoms with Gasteiger partial charge in [-0.25, -0.2) is 9.78 Å². The zero-order chi connectivity index (χ0) is 13.8. The monoisotopic (exact) mass is 297 g/mol. The molecule has 0 aliphatic rings. The van der Waals surface area contributed by atoms with Gasteiger partial charge in [-0.2, -0.15) is 0 Å². The molecule has 2 rings (SSSR count). The van der Waals surface area contributed by atoms with E-state index in [1.807, 2.05) is 35.9 Å². The molecule has 0 unspecified atom stereocenters. The van der Waals surface area contributed by atoms with Crippen LogP contribution >= 0.6 is 23.4 Å². The van der Waals surface area contributed by atoms with Gasteiger partial charge >= 0.3 is 6.09 Å². The molecule has 1 amide bonds. The van der Waals surface area contributed by atoms with E-state index in [0.717, 1.165) is 9.92 Å². The Labute approximate surface area is 119 Å². The number of benzene rings is 1. The van der Waals surface area contributed by atoms with Crippen LogP contribution in [0.5, 0.6) is 0 Å². The lowest BCUT2D eigenvalue weighted by Gasteiger charge is -2.06. The number of imidazole rings is 1. The fraction of sp³-hybridized carbons (Fsp3) is 0.167. The van der Waals surface area contributed by atoms with Crippen LogP contribution in [0.2, 0.25) is 5.02 Å². The maximum Gasteiger partial charge on any atom is 0.404 e. The molecule has 1 aromatic heterocycles. The number of ether oxygens (including phenoxy) is 1. The van der Waals surface area contributed by atoms with Crippen LogP contribution in [0, 0.1) is 0 Å². The van der Waals surface area contributed by atoms with Gasteiger partial charge in [0.1, 0.15) is 5.82 Å². The van der Waals surface area contributed by atoms with Crippen molar-refractivity contribution in [3.63, 3.8) is 0 Å². The molecule has 0 aliphatic carbocycles. The fourth-order valence-electron chi connectivity index (χ4n) is 1.45.